The number of benzene rings is 1. The van der Waals surface area contributed by atoms with Crippen LogP contribution in [-0.4, -0.2) is 0 Å². The first-order chi connectivity index (χ1) is 7.11. The lowest BCUT2D eigenvalue weighted by Crippen LogP contribution is -2.06. The first kappa shape index (κ1) is 11.2. The molecule has 0 saturated carbocycles. The van der Waals surface area contributed by atoms with E-state index in [4.69, 9.17) is 17.2 Å². The molecule has 0 heterocycles. The minimum absolute atomic E-state index is 0.556. The maximum absolute atomic E-state index is 5.99. The number of allylic oxidation sites excluding steroid dienone is 2. The van der Waals surface area contributed by atoms with Crippen molar-refractivity contribution in [2.45, 2.75) is 12.8 Å². The highest BCUT2D eigenvalue weighted by atomic mass is 14.7. The molecule has 0 aromatic heterocycles. The van der Waals surface area contributed by atoms with E-state index in [1.807, 2.05) is 0 Å². The van der Waals surface area contributed by atoms with Crippen LogP contribution in [0, 0.1) is 0 Å². The fraction of sp³-hybridized carbons (Fsp3) is 0.167. The molecule has 1 aromatic carbocycles. The lowest BCUT2D eigenvalue weighted by atomic mass is 9.99. The Balaban J connectivity index is 3.33. The van der Waals surface area contributed by atoms with Crippen LogP contribution in [0.1, 0.15) is 11.1 Å². The Labute approximate surface area is 90.3 Å². The predicted molar refractivity (Wildman–Crippen MR) is 67.5 cm³/mol. The highest BCUT2D eigenvalue weighted by Gasteiger charge is 2.10. The highest BCUT2D eigenvalue weighted by molar-refractivity contribution is 5.77. The van der Waals surface area contributed by atoms with Crippen molar-refractivity contribution in [3.05, 3.63) is 42.5 Å². The van der Waals surface area contributed by atoms with Gasteiger partial charge >= 0.3 is 0 Å². The maximum Gasteiger partial charge on any atom is 0.0604 e. The van der Waals surface area contributed by atoms with E-state index in [2.05, 4.69) is 13.2 Å². The number of anilines is 3. The summed E-state index contributed by atoms with van der Waals surface area (Å²) in [5.74, 6) is 0. The Morgan fingerprint density at radius 1 is 1.00 bits per heavy atom. The lowest BCUT2D eigenvalue weighted by molar-refractivity contribution is 1.22. The first-order valence-electron chi connectivity index (χ1n) is 4.78. The molecule has 0 radical (unpaired) electrons. The minimum Gasteiger partial charge on any atom is -0.398 e. The van der Waals surface area contributed by atoms with Crippen LogP contribution in [0.25, 0.3) is 0 Å². The molecule has 6 N–H and O–H groups in total. The average Bonchev–Trinajstić information content (AvgIpc) is 2.21. The molecule has 1 rings (SSSR count). The Hall–Kier alpha value is -1.90. The van der Waals surface area contributed by atoms with Crippen LogP contribution in [0.4, 0.5) is 17.1 Å². The van der Waals surface area contributed by atoms with Gasteiger partial charge in [0.2, 0.25) is 0 Å². The fourth-order valence-corrected chi connectivity index (χ4v) is 1.54. The van der Waals surface area contributed by atoms with Crippen molar-refractivity contribution in [2.75, 3.05) is 17.2 Å². The Bertz CT molecular complexity index is 394. The molecule has 3 heteroatoms. The van der Waals surface area contributed by atoms with Crippen LogP contribution in [0.2, 0.25) is 0 Å². The Morgan fingerprint density at radius 2 is 1.60 bits per heavy atom. The SMILES string of the molecule is C=CCc1cc(N)c(N)c(CC=C)c1N. The van der Waals surface area contributed by atoms with Crippen molar-refractivity contribution in [2.24, 2.45) is 0 Å². The van der Waals surface area contributed by atoms with Crippen LogP contribution in [0.15, 0.2) is 31.4 Å². The average molecular weight is 203 g/mol. The van der Waals surface area contributed by atoms with E-state index in [1.165, 1.54) is 0 Å². The van der Waals surface area contributed by atoms with E-state index in [9.17, 15) is 0 Å². The fourth-order valence-electron chi connectivity index (χ4n) is 1.54. The van der Waals surface area contributed by atoms with Crippen molar-refractivity contribution < 1.29 is 0 Å². The summed E-state index contributed by atoms with van der Waals surface area (Å²) >= 11 is 0. The van der Waals surface area contributed by atoms with Crippen LogP contribution < -0.4 is 17.2 Å². The zero-order valence-electron chi connectivity index (χ0n) is 8.79. The van der Waals surface area contributed by atoms with Crippen LogP contribution in [0.5, 0.6) is 0 Å². The normalized spacial score (nSPS) is 9.87. The Morgan fingerprint density at radius 3 is 2.13 bits per heavy atom. The van der Waals surface area contributed by atoms with Crippen molar-refractivity contribution in [3.8, 4) is 0 Å². The zero-order valence-corrected chi connectivity index (χ0v) is 8.79. The van der Waals surface area contributed by atoms with Gasteiger partial charge in [0, 0.05) is 11.3 Å². The summed E-state index contributed by atoms with van der Waals surface area (Å²) in [7, 11) is 0. The molecule has 0 aliphatic heterocycles. The van der Waals surface area contributed by atoms with Gasteiger partial charge < -0.3 is 17.2 Å². The van der Waals surface area contributed by atoms with Gasteiger partial charge in [0.15, 0.2) is 0 Å². The maximum atomic E-state index is 5.99. The van der Waals surface area contributed by atoms with Crippen molar-refractivity contribution in [1.29, 1.82) is 0 Å². The highest BCUT2D eigenvalue weighted by Crippen LogP contribution is 2.30. The van der Waals surface area contributed by atoms with Gasteiger partial charge in [0.25, 0.3) is 0 Å². The van der Waals surface area contributed by atoms with Crippen molar-refractivity contribution in [3.63, 3.8) is 0 Å². The van der Waals surface area contributed by atoms with E-state index in [-0.39, 0.29) is 0 Å². The number of hydrogen-bond donors (Lipinski definition) is 3. The van der Waals surface area contributed by atoms with E-state index >= 15 is 0 Å². The lowest BCUT2D eigenvalue weighted by Gasteiger charge is -2.14. The largest absolute Gasteiger partial charge is 0.398 e. The number of nitrogen functional groups attached to an aromatic ring is 3. The third-order valence-corrected chi connectivity index (χ3v) is 2.35. The van der Waals surface area contributed by atoms with Gasteiger partial charge in [0.1, 0.15) is 0 Å². The second-order valence-electron chi connectivity index (χ2n) is 3.42. The number of nitrogens with two attached hydrogens (primary N) is 3. The molecule has 0 saturated heterocycles. The monoisotopic (exact) mass is 203 g/mol. The van der Waals surface area contributed by atoms with Crippen LogP contribution >= 0.6 is 0 Å². The third-order valence-electron chi connectivity index (χ3n) is 2.35. The van der Waals surface area contributed by atoms with Crippen molar-refractivity contribution >= 4 is 17.1 Å². The summed E-state index contributed by atoms with van der Waals surface area (Å²) in [5, 5.41) is 0. The summed E-state index contributed by atoms with van der Waals surface area (Å²) < 4.78 is 0. The summed E-state index contributed by atoms with van der Waals surface area (Å²) in [4.78, 5) is 0. The molecule has 15 heavy (non-hydrogen) atoms. The van der Waals surface area contributed by atoms with Gasteiger partial charge in [-0.25, -0.2) is 0 Å². The molecule has 0 fully saturated rings. The molecular formula is C12H17N3. The molecule has 0 spiro atoms. The van der Waals surface area contributed by atoms with E-state index in [0.717, 1.165) is 11.1 Å². The van der Waals surface area contributed by atoms with Gasteiger partial charge in [-0.15, -0.1) is 13.2 Å². The molecule has 0 aliphatic rings. The first-order valence-corrected chi connectivity index (χ1v) is 4.78. The number of rotatable bonds is 4. The summed E-state index contributed by atoms with van der Waals surface area (Å²) in [6.45, 7) is 7.35. The summed E-state index contributed by atoms with van der Waals surface area (Å²) in [6, 6.07) is 1.80. The van der Waals surface area contributed by atoms with Crippen LogP contribution in [-0.2, 0) is 12.8 Å². The minimum atomic E-state index is 0.556. The molecule has 0 amide bonds. The van der Waals surface area contributed by atoms with Crippen LogP contribution in [0.3, 0.4) is 0 Å². The molecule has 0 aliphatic carbocycles. The van der Waals surface area contributed by atoms with Crippen molar-refractivity contribution in [1.82, 2.24) is 0 Å². The smallest absolute Gasteiger partial charge is 0.0604 e. The summed E-state index contributed by atoms with van der Waals surface area (Å²) in [5.41, 5.74) is 21.3. The van der Waals surface area contributed by atoms with Gasteiger partial charge in [-0.1, -0.05) is 12.2 Å². The molecule has 3 nitrogen and oxygen atoms in total. The quantitative estimate of drug-likeness (QED) is 0.516. The standard InChI is InChI=1S/C12H17N3/c1-3-5-8-7-10(13)12(15)9(6-4-2)11(8)14/h3-4,7H,1-2,5-6,13-15H2. The molecular weight excluding hydrogens is 186 g/mol. The van der Waals surface area contributed by atoms with E-state index < -0.39 is 0 Å². The molecule has 80 valence electrons. The van der Waals surface area contributed by atoms with Gasteiger partial charge in [-0.05, 0) is 24.5 Å². The molecule has 0 unspecified atom stereocenters. The zero-order chi connectivity index (χ0) is 11.4. The molecule has 0 bridgehead atoms. The third kappa shape index (κ3) is 2.13. The second kappa shape index (κ2) is 4.55. The Kier molecular flexibility index (Phi) is 3.39. The number of hydrogen-bond acceptors (Lipinski definition) is 3. The predicted octanol–water partition coefficient (Wildman–Crippen LogP) is 1.89. The van der Waals surface area contributed by atoms with Gasteiger partial charge in [-0.3, -0.25) is 0 Å². The van der Waals surface area contributed by atoms with E-state index in [1.54, 1.807) is 18.2 Å². The van der Waals surface area contributed by atoms with E-state index in [0.29, 0.717) is 29.9 Å². The molecule has 1 aromatic rings. The second-order valence-corrected chi connectivity index (χ2v) is 3.42. The summed E-state index contributed by atoms with van der Waals surface area (Å²) in [6.07, 6.45) is 4.88. The topological polar surface area (TPSA) is 78.1 Å². The molecule has 0 atom stereocenters. The van der Waals surface area contributed by atoms with Gasteiger partial charge in [-0.2, -0.15) is 0 Å². The van der Waals surface area contributed by atoms with Gasteiger partial charge in [0.05, 0.1) is 11.4 Å².